The highest BCUT2D eigenvalue weighted by atomic mass is 35.5. The van der Waals surface area contributed by atoms with Gasteiger partial charge in [-0.1, -0.05) is 25.4 Å². The number of rotatable bonds is 8. The van der Waals surface area contributed by atoms with Crippen LogP contribution in [0.2, 0.25) is 5.02 Å². The summed E-state index contributed by atoms with van der Waals surface area (Å²) >= 11 is 6.23. The first-order chi connectivity index (χ1) is 16.3. The van der Waals surface area contributed by atoms with Crippen molar-refractivity contribution in [2.24, 2.45) is 5.92 Å². The molecule has 0 saturated carbocycles. The number of benzene rings is 2. The summed E-state index contributed by atoms with van der Waals surface area (Å²) in [4.78, 5) is 36.5. The standard InChI is InChI=1S/C23H25ClN2O8/c1-13(2)11-33-21-16(24)8-14(9-19(21)30-3)22(28)34-12-20(27)26-23(29)25-15-4-5-17-18(10-15)32-7-6-31-17/h4-5,8-10,13H,6-7,11-12H2,1-3H3,(H2,25,26,27,29). The van der Waals surface area contributed by atoms with Crippen LogP contribution in [0.5, 0.6) is 23.0 Å². The third kappa shape index (κ3) is 6.67. The third-order valence-electron chi connectivity index (χ3n) is 4.41. The Morgan fingerprint density at radius 1 is 1.09 bits per heavy atom. The summed E-state index contributed by atoms with van der Waals surface area (Å²) in [6.07, 6.45) is 0. The minimum atomic E-state index is -0.821. The molecule has 1 heterocycles. The average Bonchev–Trinajstić information content (AvgIpc) is 2.80. The first-order valence-corrected chi connectivity index (χ1v) is 10.8. The van der Waals surface area contributed by atoms with Gasteiger partial charge < -0.3 is 29.0 Å². The van der Waals surface area contributed by atoms with Gasteiger partial charge in [-0.25, -0.2) is 9.59 Å². The lowest BCUT2D eigenvalue weighted by Crippen LogP contribution is -2.37. The van der Waals surface area contributed by atoms with E-state index in [1.807, 2.05) is 13.8 Å². The molecule has 0 radical (unpaired) electrons. The third-order valence-corrected chi connectivity index (χ3v) is 4.69. The van der Waals surface area contributed by atoms with E-state index in [1.165, 1.54) is 19.2 Å². The van der Waals surface area contributed by atoms with E-state index < -0.39 is 24.5 Å². The Labute approximate surface area is 201 Å². The van der Waals surface area contributed by atoms with Gasteiger partial charge in [0.05, 0.1) is 24.3 Å². The van der Waals surface area contributed by atoms with Crippen LogP contribution in [0.1, 0.15) is 24.2 Å². The Bertz CT molecular complexity index is 1070. The molecule has 10 nitrogen and oxygen atoms in total. The van der Waals surface area contributed by atoms with Gasteiger partial charge in [-0.2, -0.15) is 0 Å². The Morgan fingerprint density at radius 2 is 1.82 bits per heavy atom. The molecule has 2 aromatic carbocycles. The van der Waals surface area contributed by atoms with Gasteiger partial charge in [0.25, 0.3) is 5.91 Å². The predicted octanol–water partition coefficient (Wildman–Crippen LogP) is 3.66. The first kappa shape index (κ1) is 25.0. The Kier molecular flexibility index (Phi) is 8.42. The van der Waals surface area contributed by atoms with Gasteiger partial charge in [-0.05, 0) is 30.2 Å². The van der Waals surface area contributed by atoms with Crippen molar-refractivity contribution >= 4 is 35.2 Å². The monoisotopic (exact) mass is 492 g/mol. The van der Waals surface area contributed by atoms with Gasteiger partial charge in [-0.3, -0.25) is 10.1 Å². The predicted molar refractivity (Wildman–Crippen MR) is 123 cm³/mol. The van der Waals surface area contributed by atoms with Crippen LogP contribution >= 0.6 is 11.6 Å². The molecule has 182 valence electrons. The quantitative estimate of drug-likeness (QED) is 0.535. The van der Waals surface area contributed by atoms with Gasteiger partial charge >= 0.3 is 12.0 Å². The lowest BCUT2D eigenvalue weighted by atomic mass is 10.2. The molecule has 0 saturated heterocycles. The highest BCUT2D eigenvalue weighted by molar-refractivity contribution is 6.32. The van der Waals surface area contributed by atoms with Crippen LogP contribution in [0.15, 0.2) is 30.3 Å². The second kappa shape index (κ2) is 11.5. The largest absolute Gasteiger partial charge is 0.493 e. The molecule has 3 amide bonds. The summed E-state index contributed by atoms with van der Waals surface area (Å²) in [7, 11) is 1.41. The zero-order chi connectivity index (χ0) is 24.7. The fraction of sp³-hybridized carbons (Fsp3) is 0.348. The summed E-state index contributed by atoms with van der Waals surface area (Å²) in [6, 6.07) is 6.78. The van der Waals surface area contributed by atoms with Crippen molar-refractivity contribution < 1.29 is 38.1 Å². The summed E-state index contributed by atoms with van der Waals surface area (Å²) in [5, 5.41) is 4.73. The van der Waals surface area contributed by atoms with E-state index in [0.29, 0.717) is 42.8 Å². The minimum absolute atomic E-state index is 0.0623. The summed E-state index contributed by atoms with van der Waals surface area (Å²) in [6.45, 7) is 4.54. The van der Waals surface area contributed by atoms with Crippen molar-refractivity contribution in [3.8, 4) is 23.0 Å². The van der Waals surface area contributed by atoms with Gasteiger partial charge in [0, 0.05) is 11.8 Å². The Hall–Kier alpha value is -3.66. The second-order valence-electron chi connectivity index (χ2n) is 7.63. The van der Waals surface area contributed by atoms with E-state index in [0.717, 1.165) is 0 Å². The molecular formula is C23H25ClN2O8. The fourth-order valence-corrected chi connectivity index (χ4v) is 3.15. The lowest BCUT2D eigenvalue weighted by molar-refractivity contribution is -0.123. The molecule has 0 aliphatic carbocycles. The summed E-state index contributed by atoms with van der Waals surface area (Å²) in [5.74, 6) is 0.230. The number of nitrogens with one attached hydrogen (secondary N) is 2. The van der Waals surface area contributed by atoms with E-state index in [1.54, 1.807) is 18.2 Å². The molecule has 3 rings (SSSR count). The van der Waals surface area contributed by atoms with Crippen LogP contribution in [0.3, 0.4) is 0 Å². The molecule has 0 bridgehead atoms. The highest BCUT2D eigenvalue weighted by Crippen LogP contribution is 2.37. The van der Waals surface area contributed by atoms with Crippen molar-refractivity contribution in [3.05, 3.63) is 40.9 Å². The van der Waals surface area contributed by atoms with E-state index in [9.17, 15) is 14.4 Å². The molecule has 0 fully saturated rings. The minimum Gasteiger partial charge on any atom is -0.493 e. The van der Waals surface area contributed by atoms with Gasteiger partial charge in [0.2, 0.25) is 0 Å². The van der Waals surface area contributed by atoms with Crippen LogP contribution in [-0.4, -0.2) is 51.4 Å². The first-order valence-electron chi connectivity index (χ1n) is 10.4. The number of carbonyl (C=O) groups is 3. The number of fused-ring (bicyclic) bond motifs is 1. The Morgan fingerprint density at radius 3 is 2.53 bits per heavy atom. The van der Waals surface area contributed by atoms with Crippen LogP contribution in [-0.2, 0) is 9.53 Å². The fourth-order valence-electron chi connectivity index (χ4n) is 2.89. The van der Waals surface area contributed by atoms with E-state index in [4.69, 9.17) is 35.3 Å². The van der Waals surface area contributed by atoms with Crippen molar-refractivity contribution in [1.29, 1.82) is 0 Å². The van der Waals surface area contributed by atoms with Crippen LogP contribution in [0, 0.1) is 5.92 Å². The molecule has 34 heavy (non-hydrogen) atoms. The van der Waals surface area contributed by atoms with E-state index in [-0.39, 0.29) is 22.3 Å². The average molecular weight is 493 g/mol. The second-order valence-corrected chi connectivity index (χ2v) is 8.04. The van der Waals surface area contributed by atoms with Crippen LogP contribution < -0.4 is 29.6 Å². The zero-order valence-corrected chi connectivity index (χ0v) is 19.7. The molecular weight excluding hydrogens is 468 g/mol. The number of imide groups is 1. The maximum Gasteiger partial charge on any atom is 0.338 e. The number of carbonyl (C=O) groups excluding carboxylic acids is 3. The normalized spacial score (nSPS) is 12.0. The number of ether oxygens (including phenoxy) is 5. The molecule has 1 aliphatic rings. The maximum atomic E-state index is 12.4. The Balaban J connectivity index is 1.52. The van der Waals surface area contributed by atoms with Crippen LogP contribution in [0.4, 0.5) is 10.5 Å². The molecule has 2 aromatic rings. The molecule has 0 spiro atoms. The van der Waals surface area contributed by atoms with Crippen molar-refractivity contribution in [3.63, 3.8) is 0 Å². The zero-order valence-electron chi connectivity index (χ0n) is 18.9. The van der Waals surface area contributed by atoms with Crippen molar-refractivity contribution in [2.75, 3.05) is 38.9 Å². The molecule has 11 heteroatoms. The molecule has 0 unspecified atom stereocenters. The SMILES string of the molecule is COc1cc(C(=O)OCC(=O)NC(=O)Nc2ccc3c(c2)OCCO3)cc(Cl)c1OCC(C)C. The number of esters is 1. The number of halogens is 1. The van der Waals surface area contributed by atoms with Gasteiger partial charge in [0.1, 0.15) is 13.2 Å². The molecule has 1 aliphatic heterocycles. The highest BCUT2D eigenvalue weighted by Gasteiger charge is 2.19. The number of anilines is 1. The van der Waals surface area contributed by atoms with Gasteiger partial charge in [-0.15, -0.1) is 0 Å². The van der Waals surface area contributed by atoms with E-state index in [2.05, 4.69) is 10.6 Å². The van der Waals surface area contributed by atoms with Crippen molar-refractivity contribution in [2.45, 2.75) is 13.8 Å². The van der Waals surface area contributed by atoms with Gasteiger partial charge in [0.15, 0.2) is 29.6 Å². The summed E-state index contributed by atoms with van der Waals surface area (Å²) < 4.78 is 26.7. The maximum absolute atomic E-state index is 12.4. The smallest absolute Gasteiger partial charge is 0.338 e. The van der Waals surface area contributed by atoms with E-state index >= 15 is 0 Å². The number of methoxy groups -OCH3 is 1. The topological polar surface area (TPSA) is 121 Å². The number of amides is 3. The molecule has 2 N–H and O–H groups in total. The number of urea groups is 1. The number of hydrogen-bond acceptors (Lipinski definition) is 8. The summed E-state index contributed by atoms with van der Waals surface area (Å²) in [5.41, 5.74) is 0.459. The van der Waals surface area contributed by atoms with Crippen LogP contribution in [0.25, 0.3) is 0 Å². The molecule has 0 aromatic heterocycles. The number of hydrogen-bond donors (Lipinski definition) is 2. The lowest BCUT2D eigenvalue weighted by Gasteiger charge is -2.19. The van der Waals surface area contributed by atoms with Crippen molar-refractivity contribution in [1.82, 2.24) is 5.32 Å². The molecule has 0 atom stereocenters.